The van der Waals surface area contributed by atoms with E-state index < -0.39 is 17.4 Å². The summed E-state index contributed by atoms with van der Waals surface area (Å²) in [6, 6.07) is 4.88. The van der Waals surface area contributed by atoms with Gasteiger partial charge in [-0.05, 0) is 36.6 Å². The van der Waals surface area contributed by atoms with Crippen LogP contribution in [0.2, 0.25) is 5.02 Å². The molecular weight excluding hydrogens is 402 g/mol. The van der Waals surface area contributed by atoms with Crippen LogP contribution in [-0.4, -0.2) is 60.9 Å². The molecule has 0 unspecified atom stereocenters. The van der Waals surface area contributed by atoms with Gasteiger partial charge >= 0.3 is 0 Å². The molecule has 2 fully saturated rings. The van der Waals surface area contributed by atoms with Crippen molar-refractivity contribution in [1.82, 2.24) is 10.2 Å². The van der Waals surface area contributed by atoms with Gasteiger partial charge in [-0.2, -0.15) is 11.8 Å². The van der Waals surface area contributed by atoms with Gasteiger partial charge in [0.1, 0.15) is 5.54 Å². The number of benzene rings is 1. The smallest absolute Gasteiger partial charge is 0.250 e. The van der Waals surface area contributed by atoms with E-state index in [1.54, 1.807) is 30.0 Å². The maximum atomic E-state index is 13.3. The lowest BCUT2D eigenvalue weighted by molar-refractivity contribution is -0.143. The number of methoxy groups -OCH3 is 1. The predicted molar refractivity (Wildman–Crippen MR) is 107 cm³/mol. The summed E-state index contributed by atoms with van der Waals surface area (Å²) in [7, 11) is 1.53. The average Bonchev–Trinajstić information content (AvgIpc) is 3.24. The SMILES string of the molecule is COCCN1C(=O)[C@H]2[C@@H](C1=O)[C@@]1(N[C@@H]2CCSC)C(=O)Nc2ccc(Cl)cc21. The highest BCUT2D eigenvalue weighted by Crippen LogP contribution is 2.53. The Morgan fingerprint density at radius 3 is 2.79 bits per heavy atom. The maximum Gasteiger partial charge on any atom is 0.250 e. The molecule has 3 heterocycles. The van der Waals surface area contributed by atoms with Gasteiger partial charge in [0.25, 0.3) is 0 Å². The highest BCUT2D eigenvalue weighted by atomic mass is 35.5. The third-order valence-electron chi connectivity index (χ3n) is 5.92. The second kappa shape index (κ2) is 7.33. The standard InChI is InChI=1S/C19H22ClN3O4S/c1-27-7-6-23-16(24)14-13(5-8-28-2)22-19(15(14)17(23)25)11-9-10(20)3-4-12(11)21-18(19)26/h3-4,9,13-15,22H,5-8H2,1-2H3,(H,21,26)/t13-,14-,15+,19-/m1/s1. The monoisotopic (exact) mass is 423 g/mol. The molecule has 9 heteroatoms. The molecule has 0 aromatic heterocycles. The largest absolute Gasteiger partial charge is 0.383 e. The number of halogens is 1. The van der Waals surface area contributed by atoms with E-state index in [1.165, 1.54) is 12.0 Å². The quantitative estimate of drug-likeness (QED) is 0.673. The maximum absolute atomic E-state index is 13.3. The van der Waals surface area contributed by atoms with E-state index in [0.29, 0.717) is 22.7 Å². The summed E-state index contributed by atoms with van der Waals surface area (Å²) in [4.78, 5) is 40.9. The summed E-state index contributed by atoms with van der Waals surface area (Å²) in [5.74, 6) is -1.41. The van der Waals surface area contributed by atoms with Gasteiger partial charge in [0.2, 0.25) is 17.7 Å². The van der Waals surface area contributed by atoms with Gasteiger partial charge in [-0.1, -0.05) is 11.6 Å². The molecule has 1 aromatic carbocycles. The Kier molecular flexibility index (Phi) is 5.16. The van der Waals surface area contributed by atoms with Crippen LogP contribution in [0.1, 0.15) is 12.0 Å². The van der Waals surface area contributed by atoms with E-state index in [4.69, 9.17) is 16.3 Å². The molecule has 0 saturated carbocycles. The fourth-order valence-corrected chi connectivity index (χ4v) is 5.39. The first kappa shape index (κ1) is 19.7. The van der Waals surface area contributed by atoms with Gasteiger partial charge in [0.15, 0.2) is 0 Å². The van der Waals surface area contributed by atoms with Crippen molar-refractivity contribution in [3.63, 3.8) is 0 Å². The zero-order valence-corrected chi connectivity index (χ0v) is 17.2. The van der Waals surface area contributed by atoms with Gasteiger partial charge < -0.3 is 10.1 Å². The summed E-state index contributed by atoms with van der Waals surface area (Å²) in [6.07, 6.45) is 2.68. The number of ether oxygens (including phenoxy) is 1. The summed E-state index contributed by atoms with van der Waals surface area (Å²) in [5, 5.41) is 6.74. The summed E-state index contributed by atoms with van der Waals surface area (Å²) in [6.45, 7) is 0.456. The molecule has 3 amide bonds. The number of carbonyl (C=O) groups excluding carboxylic acids is 3. The number of hydrogen-bond acceptors (Lipinski definition) is 6. The molecule has 3 aliphatic heterocycles. The summed E-state index contributed by atoms with van der Waals surface area (Å²) >= 11 is 7.88. The Bertz CT molecular complexity index is 850. The van der Waals surface area contributed by atoms with Crippen LogP contribution in [0.4, 0.5) is 5.69 Å². The zero-order chi connectivity index (χ0) is 20.1. The molecule has 4 atom stereocenters. The van der Waals surface area contributed by atoms with E-state index in [2.05, 4.69) is 10.6 Å². The summed E-state index contributed by atoms with van der Waals surface area (Å²) < 4.78 is 5.06. The molecule has 0 bridgehead atoms. The molecule has 4 rings (SSSR count). The van der Waals surface area contributed by atoms with Crippen molar-refractivity contribution < 1.29 is 19.1 Å². The van der Waals surface area contributed by atoms with Gasteiger partial charge in [-0.3, -0.25) is 24.6 Å². The van der Waals surface area contributed by atoms with Crippen LogP contribution < -0.4 is 10.6 Å². The average molecular weight is 424 g/mol. The van der Waals surface area contributed by atoms with Crippen molar-refractivity contribution in [2.45, 2.75) is 18.0 Å². The number of thioether (sulfide) groups is 1. The Morgan fingerprint density at radius 1 is 1.29 bits per heavy atom. The fourth-order valence-electron chi connectivity index (χ4n) is 4.73. The first-order valence-electron chi connectivity index (χ1n) is 9.18. The lowest BCUT2D eigenvalue weighted by atomic mass is 9.76. The number of carbonyl (C=O) groups is 3. The van der Waals surface area contributed by atoms with Crippen LogP contribution in [0.15, 0.2) is 18.2 Å². The molecule has 1 aromatic rings. The molecule has 2 N–H and O–H groups in total. The van der Waals surface area contributed by atoms with Crippen molar-refractivity contribution in [3.8, 4) is 0 Å². The van der Waals surface area contributed by atoms with Gasteiger partial charge in [-0.25, -0.2) is 0 Å². The Hall–Kier alpha value is -1.61. The van der Waals surface area contributed by atoms with E-state index >= 15 is 0 Å². The van der Waals surface area contributed by atoms with E-state index in [9.17, 15) is 14.4 Å². The van der Waals surface area contributed by atoms with E-state index in [0.717, 1.165) is 5.75 Å². The number of amides is 3. The highest BCUT2D eigenvalue weighted by Gasteiger charge is 2.70. The molecular formula is C19H22ClN3O4S. The van der Waals surface area contributed by atoms with Gasteiger partial charge in [-0.15, -0.1) is 0 Å². The van der Waals surface area contributed by atoms with E-state index in [1.807, 2.05) is 6.26 Å². The fraction of sp³-hybridized carbons (Fsp3) is 0.526. The number of hydrogen-bond donors (Lipinski definition) is 2. The number of fused-ring (bicyclic) bond motifs is 4. The minimum Gasteiger partial charge on any atom is -0.383 e. The van der Waals surface area contributed by atoms with Crippen LogP contribution in [0.25, 0.3) is 0 Å². The molecule has 28 heavy (non-hydrogen) atoms. The van der Waals surface area contributed by atoms with Gasteiger partial charge in [0, 0.05) is 29.4 Å². The lowest BCUT2D eigenvalue weighted by Gasteiger charge is -2.29. The summed E-state index contributed by atoms with van der Waals surface area (Å²) in [5.41, 5.74) is -0.00845. The van der Waals surface area contributed by atoms with Crippen molar-refractivity contribution in [1.29, 1.82) is 0 Å². The first-order chi connectivity index (χ1) is 13.5. The Balaban J connectivity index is 1.81. The number of likely N-dealkylation sites (tertiary alicyclic amines) is 1. The Morgan fingerprint density at radius 2 is 2.07 bits per heavy atom. The second-order valence-corrected chi connectivity index (χ2v) is 8.73. The third kappa shape index (κ3) is 2.69. The molecule has 7 nitrogen and oxygen atoms in total. The lowest BCUT2D eigenvalue weighted by Crippen LogP contribution is -2.53. The highest BCUT2D eigenvalue weighted by molar-refractivity contribution is 7.98. The minimum absolute atomic E-state index is 0.191. The zero-order valence-electron chi connectivity index (χ0n) is 15.7. The molecule has 0 aliphatic carbocycles. The number of nitrogens with one attached hydrogen (secondary N) is 2. The van der Waals surface area contributed by atoms with Crippen LogP contribution >= 0.6 is 23.4 Å². The van der Waals surface area contributed by atoms with Crippen molar-refractivity contribution in [2.75, 3.05) is 37.6 Å². The molecule has 150 valence electrons. The number of imide groups is 1. The molecule has 0 radical (unpaired) electrons. The van der Waals surface area contributed by atoms with Crippen LogP contribution in [0, 0.1) is 11.8 Å². The first-order valence-corrected chi connectivity index (χ1v) is 10.9. The number of anilines is 1. The predicted octanol–water partition coefficient (Wildman–Crippen LogP) is 1.46. The molecule has 1 spiro atoms. The second-order valence-electron chi connectivity index (χ2n) is 7.31. The number of nitrogens with zero attached hydrogens (tertiary/aromatic N) is 1. The normalized spacial score (nSPS) is 30.9. The van der Waals surface area contributed by atoms with Crippen molar-refractivity contribution in [3.05, 3.63) is 28.8 Å². The Labute approximate surface area is 172 Å². The minimum atomic E-state index is -1.28. The molecule has 3 aliphatic rings. The van der Waals surface area contributed by atoms with Gasteiger partial charge in [0.05, 0.1) is 25.0 Å². The van der Waals surface area contributed by atoms with E-state index in [-0.39, 0.29) is 36.9 Å². The number of rotatable bonds is 6. The van der Waals surface area contributed by atoms with Crippen LogP contribution in [0.5, 0.6) is 0 Å². The van der Waals surface area contributed by atoms with Crippen LogP contribution in [0.3, 0.4) is 0 Å². The third-order valence-corrected chi connectivity index (χ3v) is 6.80. The van der Waals surface area contributed by atoms with Crippen molar-refractivity contribution in [2.24, 2.45) is 11.8 Å². The topological polar surface area (TPSA) is 87.7 Å². The van der Waals surface area contributed by atoms with Crippen LogP contribution in [-0.2, 0) is 24.7 Å². The van der Waals surface area contributed by atoms with Crippen molar-refractivity contribution >= 4 is 46.8 Å². The molecule has 2 saturated heterocycles.